The first-order valence-electron chi connectivity index (χ1n) is 5.51. The van der Waals surface area contributed by atoms with E-state index in [2.05, 4.69) is 23.6 Å². The third-order valence-electron chi connectivity index (χ3n) is 2.39. The number of allylic oxidation sites excluding steroid dienone is 1. The van der Waals surface area contributed by atoms with E-state index in [4.69, 9.17) is 4.74 Å². The summed E-state index contributed by atoms with van der Waals surface area (Å²) in [6.45, 7) is 3.62. The first-order valence-corrected chi connectivity index (χ1v) is 5.51. The van der Waals surface area contributed by atoms with Gasteiger partial charge in [0, 0.05) is 6.54 Å². The van der Waals surface area contributed by atoms with E-state index in [-0.39, 0.29) is 0 Å². The van der Waals surface area contributed by atoms with E-state index in [1.807, 2.05) is 19.1 Å². The number of nitrogens with one attached hydrogen (secondary N) is 1. The molecule has 0 saturated heterocycles. The average Bonchev–Trinajstić information content (AvgIpc) is 3.05. The third kappa shape index (κ3) is 3.31. The van der Waals surface area contributed by atoms with Gasteiger partial charge in [-0.25, -0.2) is 0 Å². The molecule has 1 aromatic rings. The molecule has 0 unspecified atom stereocenters. The van der Waals surface area contributed by atoms with Crippen LogP contribution in [0.1, 0.15) is 25.3 Å². The van der Waals surface area contributed by atoms with Crippen LogP contribution >= 0.6 is 0 Å². The molecule has 15 heavy (non-hydrogen) atoms. The zero-order chi connectivity index (χ0) is 10.5. The van der Waals surface area contributed by atoms with Crippen LogP contribution in [0.2, 0.25) is 0 Å². The summed E-state index contributed by atoms with van der Waals surface area (Å²) < 4.78 is 5.38. The van der Waals surface area contributed by atoms with Crippen molar-refractivity contribution in [2.24, 2.45) is 0 Å². The second-order valence-corrected chi connectivity index (χ2v) is 3.76. The number of rotatable bonds is 5. The minimum Gasteiger partial charge on any atom is -0.494 e. The summed E-state index contributed by atoms with van der Waals surface area (Å²) >= 11 is 0. The van der Waals surface area contributed by atoms with Crippen LogP contribution in [0.3, 0.4) is 0 Å². The first-order chi connectivity index (χ1) is 7.38. The van der Waals surface area contributed by atoms with Gasteiger partial charge >= 0.3 is 0 Å². The highest BCUT2D eigenvalue weighted by atomic mass is 16.5. The van der Waals surface area contributed by atoms with Crippen LogP contribution in [0.15, 0.2) is 36.0 Å². The molecule has 1 saturated carbocycles. The lowest BCUT2D eigenvalue weighted by molar-refractivity contribution is 0.340. The molecule has 0 heterocycles. The Bertz CT molecular complexity index is 334. The molecule has 1 aliphatic rings. The maximum atomic E-state index is 5.38. The number of hydrogen-bond donors (Lipinski definition) is 1. The number of ether oxygens (including phenoxy) is 1. The lowest BCUT2D eigenvalue weighted by Gasteiger charge is -2.04. The van der Waals surface area contributed by atoms with Crippen molar-refractivity contribution < 1.29 is 4.74 Å². The number of benzene rings is 1. The predicted octanol–water partition coefficient (Wildman–Crippen LogP) is 2.85. The van der Waals surface area contributed by atoms with Gasteiger partial charge in [-0.3, -0.25) is 0 Å². The summed E-state index contributed by atoms with van der Waals surface area (Å²) in [6.07, 6.45) is 4.68. The van der Waals surface area contributed by atoms with Crippen LogP contribution in [0.25, 0.3) is 0 Å². The van der Waals surface area contributed by atoms with Crippen LogP contribution in [0.5, 0.6) is 5.75 Å². The second kappa shape index (κ2) is 4.87. The summed E-state index contributed by atoms with van der Waals surface area (Å²) in [5.41, 5.74) is 2.82. The lowest BCUT2D eigenvalue weighted by atomic mass is 10.2. The molecule has 0 atom stereocenters. The monoisotopic (exact) mass is 203 g/mol. The standard InChI is InChI=1S/C13H17NO/c1-2-15-13-7-5-12(6-8-13)10-14-9-11-3-4-11/h5-9,14H,2-4,10H2,1H3. The molecule has 0 bridgehead atoms. The topological polar surface area (TPSA) is 21.3 Å². The van der Waals surface area contributed by atoms with Gasteiger partial charge in [0.15, 0.2) is 0 Å². The van der Waals surface area contributed by atoms with Gasteiger partial charge in [-0.05, 0) is 43.7 Å². The summed E-state index contributed by atoms with van der Waals surface area (Å²) in [5.74, 6) is 0.946. The normalized spacial score (nSPS) is 13.5. The summed E-state index contributed by atoms with van der Waals surface area (Å²) in [5, 5.41) is 3.31. The highest BCUT2D eigenvalue weighted by Crippen LogP contribution is 2.26. The van der Waals surface area contributed by atoms with E-state index in [1.54, 1.807) is 0 Å². The molecule has 2 heteroatoms. The summed E-state index contributed by atoms with van der Waals surface area (Å²) in [4.78, 5) is 0. The van der Waals surface area contributed by atoms with Crippen molar-refractivity contribution in [2.75, 3.05) is 6.61 Å². The molecule has 0 radical (unpaired) electrons. The molecule has 1 aliphatic carbocycles. The number of hydrogen-bond acceptors (Lipinski definition) is 2. The Morgan fingerprint density at radius 2 is 2.00 bits per heavy atom. The van der Waals surface area contributed by atoms with Gasteiger partial charge in [0.1, 0.15) is 5.75 Å². The summed E-state index contributed by atoms with van der Waals surface area (Å²) in [6, 6.07) is 8.24. The van der Waals surface area contributed by atoms with E-state index in [0.717, 1.165) is 18.9 Å². The van der Waals surface area contributed by atoms with E-state index < -0.39 is 0 Å². The molecule has 1 fully saturated rings. The van der Waals surface area contributed by atoms with Gasteiger partial charge < -0.3 is 10.1 Å². The van der Waals surface area contributed by atoms with E-state index in [0.29, 0.717) is 0 Å². The van der Waals surface area contributed by atoms with Crippen molar-refractivity contribution in [1.29, 1.82) is 0 Å². The molecule has 80 valence electrons. The van der Waals surface area contributed by atoms with Crippen LogP contribution in [-0.2, 0) is 6.54 Å². The Kier molecular flexibility index (Phi) is 3.28. The fourth-order valence-corrected chi connectivity index (χ4v) is 1.40. The lowest BCUT2D eigenvalue weighted by Crippen LogP contribution is -2.04. The van der Waals surface area contributed by atoms with Crippen molar-refractivity contribution in [2.45, 2.75) is 26.3 Å². The molecule has 1 N–H and O–H groups in total. The van der Waals surface area contributed by atoms with Crippen LogP contribution in [0.4, 0.5) is 0 Å². The smallest absolute Gasteiger partial charge is 0.119 e. The van der Waals surface area contributed by atoms with Crippen LogP contribution < -0.4 is 10.1 Å². The van der Waals surface area contributed by atoms with Crippen LogP contribution in [-0.4, -0.2) is 6.61 Å². The molecule has 0 aliphatic heterocycles. The van der Waals surface area contributed by atoms with Gasteiger partial charge in [-0.1, -0.05) is 17.7 Å². The Labute approximate surface area is 91.0 Å². The predicted molar refractivity (Wildman–Crippen MR) is 61.8 cm³/mol. The molecular weight excluding hydrogens is 186 g/mol. The average molecular weight is 203 g/mol. The quantitative estimate of drug-likeness (QED) is 0.794. The summed E-state index contributed by atoms with van der Waals surface area (Å²) in [7, 11) is 0. The molecular formula is C13H17NO. The van der Waals surface area contributed by atoms with E-state index in [1.165, 1.54) is 24.0 Å². The van der Waals surface area contributed by atoms with Gasteiger partial charge in [-0.2, -0.15) is 0 Å². The van der Waals surface area contributed by atoms with Gasteiger partial charge in [0.25, 0.3) is 0 Å². The minimum atomic E-state index is 0.726. The Morgan fingerprint density at radius 3 is 2.60 bits per heavy atom. The largest absolute Gasteiger partial charge is 0.494 e. The maximum Gasteiger partial charge on any atom is 0.119 e. The molecule has 0 amide bonds. The van der Waals surface area contributed by atoms with Crippen molar-refractivity contribution >= 4 is 0 Å². The minimum absolute atomic E-state index is 0.726. The second-order valence-electron chi connectivity index (χ2n) is 3.76. The zero-order valence-electron chi connectivity index (χ0n) is 9.12. The highest BCUT2D eigenvalue weighted by molar-refractivity contribution is 5.27. The fraction of sp³-hybridized carbons (Fsp3) is 0.385. The Balaban J connectivity index is 1.83. The highest BCUT2D eigenvalue weighted by Gasteiger charge is 2.09. The van der Waals surface area contributed by atoms with E-state index >= 15 is 0 Å². The third-order valence-corrected chi connectivity index (χ3v) is 2.39. The molecule has 1 aromatic carbocycles. The molecule has 0 aromatic heterocycles. The van der Waals surface area contributed by atoms with Crippen LogP contribution in [0, 0.1) is 0 Å². The van der Waals surface area contributed by atoms with E-state index in [9.17, 15) is 0 Å². The van der Waals surface area contributed by atoms with Crippen molar-refractivity contribution in [3.63, 3.8) is 0 Å². The fourth-order valence-electron chi connectivity index (χ4n) is 1.40. The van der Waals surface area contributed by atoms with Crippen molar-refractivity contribution in [1.82, 2.24) is 5.32 Å². The van der Waals surface area contributed by atoms with Gasteiger partial charge in [-0.15, -0.1) is 0 Å². The Hall–Kier alpha value is -1.44. The molecule has 2 rings (SSSR count). The van der Waals surface area contributed by atoms with Crippen molar-refractivity contribution in [3.05, 3.63) is 41.6 Å². The SMILES string of the molecule is CCOc1ccc(CNC=C2CC2)cc1. The maximum absolute atomic E-state index is 5.38. The van der Waals surface area contributed by atoms with Gasteiger partial charge in [0.2, 0.25) is 0 Å². The van der Waals surface area contributed by atoms with Crippen molar-refractivity contribution in [3.8, 4) is 5.75 Å². The zero-order valence-corrected chi connectivity index (χ0v) is 9.12. The van der Waals surface area contributed by atoms with Gasteiger partial charge in [0.05, 0.1) is 6.61 Å². The Morgan fingerprint density at radius 1 is 1.27 bits per heavy atom. The molecule has 0 spiro atoms. The first kappa shape index (κ1) is 10.1. The molecule has 2 nitrogen and oxygen atoms in total.